The van der Waals surface area contributed by atoms with Crippen molar-refractivity contribution in [3.63, 3.8) is 0 Å². The summed E-state index contributed by atoms with van der Waals surface area (Å²) in [7, 11) is 0. The minimum atomic E-state index is 0.114. The van der Waals surface area contributed by atoms with E-state index in [9.17, 15) is 9.59 Å². The summed E-state index contributed by atoms with van der Waals surface area (Å²) in [5.41, 5.74) is 3.99. The molecule has 3 heterocycles. The van der Waals surface area contributed by atoms with Crippen molar-refractivity contribution in [2.75, 3.05) is 0 Å². The molecule has 1 aromatic carbocycles. The number of nitrogens with one attached hydrogen (secondary N) is 1. The molecule has 0 radical (unpaired) electrons. The molecule has 0 amide bonds. The quantitative estimate of drug-likeness (QED) is 0.273. The average molecular weight is 519 g/mol. The number of aromatic amines is 1. The molecule has 1 fully saturated rings. The van der Waals surface area contributed by atoms with Gasteiger partial charge in [-0.3, -0.25) is 14.6 Å². The van der Waals surface area contributed by atoms with Gasteiger partial charge >= 0.3 is 0 Å². The molecule has 1 saturated carbocycles. The number of hydrogen-bond donors (Lipinski definition) is 1. The van der Waals surface area contributed by atoms with Crippen LogP contribution in [0.25, 0.3) is 22.6 Å². The Morgan fingerprint density at radius 3 is 2.76 bits per heavy atom. The van der Waals surface area contributed by atoms with Gasteiger partial charge in [0.1, 0.15) is 5.69 Å². The van der Waals surface area contributed by atoms with E-state index >= 15 is 0 Å². The molecule has 2 atom stereocenters. The lowest BCUT2D eigenvalue weighted by atomic mass is 9.82. The number of ketones is 2. The second kappa shape index (κ2) is 9.66. The Balaban J connectivity index is 1.49. The zero-order valence-corrected chi connectivity index (χ0v) is 20.7. The first-order chi connectivity index (χ1) is 16.5. The molecule has 0 bridgehead atoms. The second-order valence-corrected chi connectivity index (χ2v) is 9.96. The van der Waals surface area contributed by atoms with Gasteiger partial charge in [-0.05, 0) is 77.5 Å². The number of hydrogen-bond acceptors (Lipinski definition) is 4. The molecule has 1 N–H and O–H groups in total. The number of nitrogens with zero attached hydrogens (tertiary/aromatic N) is 3. The van der Waals surface area contributed by atoms with Crippen LogP contribution in [0.4, 0.5) is 0 Å². The van der Waals surface area contributed by atoms with E-state index < -0.39 is 0 Å². The van der Waals surface area contributed by atoms with Crippen LogP contribution < -0.4 is 0 Å². The van der Waals surface area contributed by atoms with Crippen molar-refractivity contribution >= 4 is 38.5 Å². The molecule has 2 unspecified atom stereocenters. The minimum Gasteiger partial charge on any atom is -0.358 e. The van der Waals surface area contributed by atoms with Gasteiger partial charge in [-0.15, -0.1) is 0 Å². The summed E-state index contributed by atoms with van der Waals surface area (Å²) in [5, 5.41) is 0. The highest BCUT2D eigenvalue weighted by Crippen LogP contribution is 2.39. The van der Waals surface area contributed by atoms with Gasteiger partial charge < -0.3 is 9.55 Å². The number of carbonyl (C=O) groups excluding carboxylic acids is 2. The van der Waals surface area contributed by atoms with Crippen molar-refractivity contribution in [3.05, 3.63) is 70.6 Å². The Hall–Kier alpha value is -3.06. The Morgan fingerprint density at radius 2 is 2.03 bits per heavy atom. The van der Waals surface area contributed by atoms with Gasteiger partial charge in [0.2, 0.25) is 0 Å². The third-order valence-electron chi connectivity index (χ3n) is 6.77. The van der Waals surface area contributed by atoms with Gasteiger partial charge in [0.05, 0.1) is 16.7 Å². The van der Waals surface area contributed by atoms with E-state index in [1.165, 1.54) is 0 Å². The zero-order chi connectivity index (χ0) is 23.7. The minimum absolute atomic E-state index is 0.114. The largest absolute Gasteiger partial charge is 0.358 e. The molecule has 0 spiro atoms. The number of Topliss-reactive ketones (excluding diaryl/α,β-unsaturated/α-hetero) is 2. The van der Waals surface area contributed by atoms with Crippen LogP contribution in [0.15, 0.2) is 59.3 Å². The van der Waals surface area contributed by atoms with Crippen molar-refractivity contribution in [1.29, 1.82) is 0 Å². The van der Waals surface area contributed by atoms with Gasteiger partial charge in [-0.1, -0.05) is 19.4 Å². The smallest absolute Gasteiger partial charge is 0.179 e. The van der Waals surface area contributed by atoms with Gasteiger partial charge in [-0.2, -0.15) is 0 Å². The maximum Gasteiger partial charge on any atom is 0.179 e. The maximum atomic E-state index is 12.8. The van der Waals surface area contributed by atoms with E-state index in [2.05, 4.69) is 30.5 Å². The van der Waals surface area contributed by atoms with Crippen LogP contribution in [0.5, 0.6) is 0 Å². The van der Waals surface area contributed by atoms with Crippen molar-refractivity contribution < 1.29 is 9.59 Å². The zero-order valence-electron chi connectivity index (χ0n) is 19.1. The highest BCUT2D eigenvalue weighted by atomic mass is 79.9. The summed E-state index contributed by atoms with van der Waals surface area (Å²) < 4.78 is 3.18. The topological polar surface area (TPSA) is 80.6 Å². The lowest BCUT2D eigenvalue weighted by Gasteiger charge is -2.31. The molecule has 34 heavy (non-hydrogen) atoms. The second-order valence-electron chi connectivity index (χ2n) is 9.05. The predicted octanol–water partition coefficient (Wildman–Crippen LogP) is 6.79. The van der Waals surface area contributed by atoms with E-state index in [0.717, 1.165) is 52.7 Å². The van der Waals surface area contributed by atoms with Gasteiger partial charge in [0, 0.05) is 41.3 Å². The van der Waals surface area contributed by atoms with Crippen LogP contribution >= 0.6 is 15.9 Å². The summed E-state index contributed by atoms with van der Waals surface area (Å²) in [6.07, 6.45) is 8.62. The number of halogens is 1. The number of benzene rings is 1. The molecule has 5 rings (SSSR count). The molecular weight excluding hydrogens is 492 g/mol. The van der Waals surface area contributed by atoms with E-state index in [4.69, 9.17) is 4.98 Å². The maximum absolute atomic E-state index is 12.8. The number of fused-ring (bicyclic) bond motifs is 1. The Labute approximate surface area is 206 Å². The number of rotatable bonds is 7. The van der Waals surface area contributed by atoms with Gasteiger partial charge in [0.15, 0.2) is 17.4 Å². The molecular formula is C27H27BrN4O2. The van der Waals surface area contributed by atoms with Crippen molar-refractivity contribution in [2.45, 2.75) is 51.5 Å². The normalized spacial score (nSPS) is 18.3. The summed E-state index contributed by atoms with van der Waals surface area (Å²) in [6, 6.07) is 13.7. The monoisotopic (exact) mass is 518 g/mol. The summed E-state index contributed by atoms with van der Waals surface area (Å²) >= 11 is 3.41. The summed E-state index contributed by atoms with van der Waals surface area (Å²) in [6.45, 7) is 1.87. The number of H-pyrrole nitrogens is 1. The predicted molar refractivity (Wildman–Crippen MR) is 136 cm³/mol. The number of carbonyl (C=O) groups is 2. The van der Waals surface area contributed by atoms with Crippen molar-refractivity contribution in [2.24, 2.45) is 5.92 Å². The van der Waals surface area contributed by atoms with Crippen LogP contribution in [-0.4, -0.2) is 31.1 Å². The van der Waals surface area contributed by atoms with Gasteiger partial charge in [0.25, 0.3) is 0 Å². The highest BCUT2D eigenvalue weighted by Gasteiger charge is 2.29. The molecule has 1 aliphatic carbocycles. The third-order valence-corrected chi connectivity index (χ3v) is 7.23. The van der Waals surface area contributed by atoms with Crippen LogP contribution in [0.2, 0.25) is 0 Å². The first-order valence-electron chi connectivity index (χ1n) is 11.9. The molecule has 1 aliphatic rings. The molecule has 0 aliphatic heterocycles. The SMILES string of the molecule is CCC(=O)c1ccc2c(c1)nc(-c1ccccn1)n2C1CCCC(CC(=O)c2cc(Br)c[nH]2)C1. The Kier molecular flexibility index (Phi) is 6.46. The number of aromatic nitrogens is 4. The molecule has 4 aromatic rings. The van der Waals surface area contributed by atoms with Crippen LogP contribution in [-0.2, 0) is 0 Å². The van der Waals surface area contributed by atoms with E-state index in [-0.39, 0.29) is 17.6 Å². The lowest BCUT2D eigenvalue weighted by Crippen LogP contribution is -2.22. The Morgan fingerprint density at radius 1 is 1.15 bits per heavy atom. The molecule has 174 valence electrons. The van der Waals surface area contributed by atoms with Gasteiger partial charge in [-0.25, -0.2) is 4.98 Å². The highest BCUT2D eigenvalue weighted by molar-refractivity contribution is 9.10. The standard InChI is InChI=1S/C27H27BrN4O2/c1-2-25(33)18-9-10-24-22(14-18)31-27(21-8-3-4-11-29-21)32(24)20-7-5-6-17(12-20)13-26(34)23-15-19(28)16-30-23/h3-4,8-11,14-17,20,30H,2,5-7,12-13H2,1H3. The third kappa shape index (κ3) is 4.49. The average Bonchev–Trinajstić information content (AvgIpc) is 3.47. The van der Waals surface area contributed by atoms with Crippen LogP contribution in [0, 0.1) is 5.92 Å². The summed E-state index contributed by atoms with van der Waals surface area (Å²) in [4.78, 5) is 37.7. The first-order valence-corrected chi connectivity index (χ1v) is 12.7. The number of pyridine rings is 1. The fourth-order valence-electron chi connectivity index (χ4n) is 5.11. The fraction of sp³-hybridized carbons (Fsp3) is 0.333. The van der Waals surface area contributed by atoms with E-state index in [1.54, 1.807) is 12.4 Å². The fourth-order valence-corrected chi connectivity index (χ4v) is 5.45. The van der Waals surface area contributed by atoms with Crippen molar-refractivity contribution in [3.8, 4) is 11.5 Å². The molecule has 6 nitrogen and oxygen atoms in total. The molecule has 0 saturated heterocycles. The van der Waals surface area contributed by atoms with Crippen molar-refractivity contribution in [1.82, 2.24) is 19.5 Å². The van der Waals surface area contributed by atoms with Crippen LogP contribution in [0.1, 0.15) is 72.3 Å². The molecule has 7 heteroatoms. The first kappa shape index (κ1) is 22.7. The van der Waals surface area contributed by atoms with E-state index in [0.29, 0.717) is 30.0 Å². The van der Waals surface area contributed by atoms with E-state index in [1.807, 2.05) is 49.4 Å². The number of imidazole rings is 1. The summed E-state index contributed by atoms with van der Waals surface area (Å²) in [5.74, 6) is 1.40. The molecule has 3 aromatic heterocycles. The Bertz CT molecular complexity index is 1340. The lowest BCUT2D eigenvalue weighted by molar-refractivity contribution is 0.0936. The van der Waals surface area contributed by atoms with Crippen LogP contribution in [0.3, 0.4) is 0 Å².